The molecule has 0 spiro atoms. The van der Waals surface area contributed by atoms with Gasteiger partial charge in [0.25, 0.3) is 0 Å². The Kier molecular flexibility index (Phi) is 6.57. The number of nitrogens with zero attached hydrogens (tertiary/aromatic N) is 3. The van der Waals surface area contributed by atoms with Gasteiger partial charge in [-0.2, -0.15) is 5.26 Å². The molecule has 8 nitrogen and oxygen atoms in total. The number of carbonyl (C=O) groups is 2. The topological polar surface area (TPSA) is 117 Å². The minimum Gasteiger partial charge on any atom is -0.457 e. The normalized spacial score (nSPS) is 13.2. The number of aromatic nitrogens is 2. The number of pyridine rings is 2. The summed E-state index contributed by atoms with van der Waals surface area (Å²) in [4.78, 5) is 34.4. The molecule has 0 unspecified atom stereocenters. The number of fused-ring (bicyclic) bond motifs is 1. The highest BCUT2D eigenvalue weighted by molar-refractivity contribution is 6.16. The Hall–Kier alpha value is -5.62. The van der Waals surface area contributed by atoms with Crippen molar-refractivity contribution in [1.82, 2.24) is 9.97 Å². The van der Waals surface area contributed by atoms with Gasteiger partial charge in [0.05, 0.1) is 5.52 Å². The number of hydrogen-bond acceptors (Lipinski definition) is 6. The van der Waals surface area contributed by atoms with Crippen LogP contribution in [0.25, 0.3) is 22.0 Å². The summed E-state index contributed by atoms with van der Waals surface area (Å²) >= 11 is 0. The second-order valence-corrected chi connectivity index (χ2v) is 9.71. The first-order chi connectivity index (χ1) is 19.9. The Labute approximate surface area is 234 Å². The van der Waals surface area contributed by atoms with Crippen LogP contribution in [-0.2, 0) is 9.59 Å². The van der Waals surface area contributed by atoms with E-state index in [0.717, 1.165) is 22.0 Å². The third kappa shape index (κ3) is 5.31. The number of halogens is 1. The van der Waals surface area contributed by atoms with E-state index in [1.807, 2.05) is 30.3 Å². The molecule has 2 N–H and O–H groups in total. The Bertz CT molecular complexity index is 1810. The lowest BCUT2D eigenvalue weighted by molar-refractivity contribution is -0.131. The van der Waals surface area contributed by atoms with Gasteiger partial charge in [-0.05, 0) is 97.3 Å². The first kappa shape index (κ1) is 25.6. The largest absolute Gasteiger partial charge is 0.457 e. The van der Waals surface area contributed by atoms with E-state index < -0.39 is 17.1 Å². The molecule has 2 heterocycles. The van der Waals surface area contributed by atoms with Gasteiger partial charge in [0, 0.05) is 34.7 Å². The molecule has 6 rings (SSSR count). The molecule has 1 saturated carbocycles. The first-order valence-corrected chi connectivity index (χ1v) is 12.9. The van der Waals surface area contributed by atoms with Crippen molar-refractivity contribution >= 4 is 34.1 Å². The molecule has 1 aliphatic rings. The predicted octanol–water partition coefficient (Wildman–Crippen LogP) is 6.46. The zero-order valence-corrected chi connectivity index (χ0v) is 21.6. The zero-order valence-electron chi connectivity index (χ0n) is 21.6. The van der Waals surface area contributed by atoms with Crippen molar-refractivity contribution in [2.75, 3.05) is 10.6 Å². The number of amides is 2. The molecule has 2 aromatic heterocycles. The summed E-state index contributed by atoms with van der Waals surface area (Å²) in [5.74, 6) is -0.0290. The van der Waals surface area contributed by atoms with Gasteiger partial charge < -0.3 is 15.4 Å². The summed E-state index contributed by atoms with van der Waals surface area (Å²) < 4.78 is 19.3. The summed E-state index contributed by atoms with van der Waals surface area (Å²) in [5, 5.41) is 15.3. The number of nitrogens with one attached hydrogen (secondary N) is 2. The van der Waals surface area contributed by atoms with Crippen molar-refractivity contribution in [2.24, 2.45) is 5.41 Å². The smallest absolute Gasteiger partial charge is 0.240 e. The lowest BCUT2D eigenvalue weighted by Crippen LogP contribution is -2.35. The van der Waals surface area contributed by atoms with E-state index in [2.05, 4.69) is 20.6 Å². The van der Waals surface area contributed by atoms with Crippen LogP contribution in [0.15, 0.2) is 97.3 Å². The van der Waals surface area contributed by atoms with E-state index in [1.165, 1.54) is 24.3 Å². The Morgan fingerprint density at radius 2 is 1.49 bits per heavy atom. The fourth-order valence-corrected chi connectivity index (χ4v) is 4.47. The molecular weight excluding hydrogens is 521 g/mol. The van der Waals surface area contributed by atoms with Crippen molar-refractivity contribution in [3.8, 4) is 28.7 Å². The molecule has 9 heteroatoms. The molecule has 0 bridgehead atoms. The van der Waals surface area contributed by atoms with Crippen LogP contribution >= 0.6 is 0 Å². The van der Waals surface area contributed by atoms with Gasteiger partial charge in [-0.3, -0.25) is 14.6 Å². The molecule has 0 saturated heterocycles. The number of anilines is 2. The quantitative estimate of drug-likeness (QED) is 0.228. The van der Waals surface area contributed by atoms with E-state index in [1.54, 1.807) is 48.8 Å². The number of carbonyl (C=O) groups excluding carboxylic acids is 2. The SMILES string of the molecule is N#Cc1ccc(-c2ccc3c(Oc4ccc(NC(=O)C5(C(=O)Nc6ccc(F)cc6)CC5)cc4)ccnc3c2)cn1. The summed E-state index contributed by atoms with van der Waals surface area (Å²) in [6.45, 7) is 0. The van der Waals surface area contributed by atoms with Crippen LogP contribution in [0.1, 0.15) is 18.5 Å². The maximum atomic E-state index is 13.2. The van der Waals surface area contributed by atoms with Crippen LogP contribution in [0.3, 0.4) is 0 Å². The molecule has 0 radical (unpaired) electrons. The molecule has 2 amide bonds. The van der Waals surface area contributed by atoms with Crippen LogP contribution in [-0.4, -0.2) is 21.8 Å². The number of nitriles is 1. The molecule has 0 atom stereocenters. The van der Waals surface area contributed by atoms with E-state index in [0.29, 0.717) is 41.4 Å². The molecule has 1 aliphatic carbocycles. The average molecular weight is 544 g/mol. The third-order valence-corrected chi connectivity index (χ3v) is 6.98. The standard InChI is InChI=1S/C32H22FN5O3/c33-22-3-6-23(7-4-22)37-30(39)32(14-15-32)31(40)38-24-8-10-26(11-9-24)41-29-13-16-35-28-17-20(2-12-27(28)29)21-1-5-25(18-34)36-19-21/h1-13,16-17,19H,14-15H2,(H,37,39)(H,38,40). The minimum absolute atomic E-state index is 0.355. The molecule has 5 aromatic rings. The molecule has 0 aliphatic heterocycles. The van der Waals surface area contributed by atoms with Crippen LogP contribution < -0.4 is 15.4 Å². The van der Waals surface area contributed by atoms with Crippen LogP contribution in [0.5, 0.6) is 11.5 Å². The van der Waals surface area contributed by atoms with Crippen molar-refractivity contribution < 1.29 is 18.7 Å². The first-order valence-electron chi connectivity index (χ1n) is 12.9. The number of rotatable bonds is 7. The summed E-state index contributed by atoms with van der Waals surface area (Å²) in [6.07, 6.45) is 4.19. The number of ether oxygens (including phenoxy) is 1. The molecular formula is C32H22FN5O3. The van der Waals surface area contributed by atoms with E-state index in [9.17, 15) is 14.0 Å². The van der Waals surface area contributed by atoms with Crippen LogP contribution in [0.4, 0.5) is 15.8 Å². The van der Waals surface area contributed by atoms with Crippen LogP contribution in [0.2, 0.25) is 0 Å². The van der Waals surface area contributed by atoms with Crippen molar-refractivity contribution in [3.05, 3.63) is 109 Å². The van der Waals surface area contributed by atoms with Gasteiger partial charge in [0.15, 0.2) is 0 Å². The molecule has 3 aromatic carbocycles. The van der Waals surface area contributed by atoms with Crippen molar-refractivity contribution in [3.63, 3.8) is 0 Å². The molecule has 1 fully saturated rings. The lowest BCUT2D eigenvalue weighted by atomic mass is 10.0. The van der Waals surface area contributed by atoms with Crippen molar-refractivity contribution in [1.29, 1.82) is 5.26 Å². The number of benzene rings is 3. The second kappa shape index (κ2) is 10.5. The van der Waals surface area contributed by atoms with Gasteiger partial charge in [0.1, 0.15) is 34.5 Å². The highest BCUT2D eigenvalue weighted by Gasteiger charge is 2.56. The van der Waals surface area contributed by atoms with Gasteiger partial charge >= 0.3 is 0 Å². The number of hydrogen-bond donors (Lipinski definition) is 2. The minimum atomic E-state index is -1.15. The summed E-state index contributed by atoms with van der Waals surface area (Å²) in [5.41, 5.74) is 2.70. The van der Waals surface area contributed by atoms with Crippen molar-refractivity contribution in [2.45, 2.75) is 12.8 Å². The second-order valence-electron chi connectivity index (χ2n) is 9.71. The molecule has 41 heavy (non-hydrogen) atoms. The summed E-state index contributed by atoms with van der Waals surface area (Å²) in [6, 6.07) is 25.4. The Morgan fingerprint density at radius 3 is 2.10 bits per heavy atom. The summed E-state index contributed by atoms with van der Waals surface area (Å²) in [7, 11) is 0. The predicted molar refractivity (Wildman–Crippen MR) is 152 cm³/mol. The van der Waals surface area contributed by atoms with Gasteiger partial charge in [0.2, 0.25) is 11.8 Å². The maximum absolute atomic E-state index is 13.2. The highest BCUT2D eigenvalue weighted by atomic mass is 19.1. The Morgan fingerprint density at radius 1 is 0.829 bits per heavy atom. The average Bonchev–Trinajstić information content (AvgIpc) is 3.82. The Balaban J connectivity index is 1.13. The van der Waals surface area contributed by atoms with Crippen LogP contribution in [0, 0.1) is 22.6 Å². The van der Waals surface area contributed by atoms with Gasteiger partial charge in [-0.15, -0.1) is 0 Å². The van der Waals surface area contributed by atoms with E-state index in [4.69, 9.17) is 10.00 Å². The van der Waals surface area contributed by atoms with Gasteiger partial charge in [-0.25, -0.2) is 9.37 Å². The molecule has 200 valence electrons. The van der Waals surface area contributed by atoms with E-state index >= 15 is 0 Å². The maximum Gasteiger partial charge on any atom is 0.240 e. The zero-order chi connectivity index (χ0) is 28.4. The fraction of sp³-hybridized carbons (Fsp3) is 0.0938. The monoisotopic (exact) mass is 543 g/mol. The van der Waals surface area contributed by atoms with Gasteiger partial charge in [-0.1, -0.05) is 6.07 Å². The highest BCUT2D eigenvalue weighted by Crippen LogP contribution is 2.47. The lowest BCUT2D eigenvalue weighted by Gasteiger charge is -2.16. The third-order valence-electron chi connectivity index (χ3n) is 6.98. The van der Waals surface area contributed by atoms with E-state index in [-0.39, 0.29) is 5.91 Å². The fourth-order valence-electron chi connectivity index (χ4n) is 4.47.